The second-order valence-corrected chi connectivity index (χ2v) is 9.13. The van der Waals surface area contributed by atoms with Gasteiger partial charge in [-0.05, 0) is 18.8 Å². The van der Waals surface area contributed by atoms with Crippen LogP contribution in [0.2, 0.25) is 0 Å². The van der Waals surface area contributed by atoms with Crippen LogP contribution in [-0.4, -0.2) is 57.3 Å². The summed E-state index contributed by atoms with van der Waals surface area (Å²) in [5, 5.41) is 10.3. The minimum Gasteiger partial charge on any atom is -0.381 e. The number of ether oxygens (including phenoxy) is 1. The minimum absolute atomic E-state index is 0. The number of halogens is 1. The Balaban J connectivity index is 0.00000338. The van der Waals surface area contributed by atoms with Crippen molar-refractivity contribution >= 4 is 39.8 Å². The van der Waals surface area contributed by atoms with Crippen molar-refractivity contribution in [2.75, 3.05) is 33.1 Å². The Kier molecular flexibility index (Phi) is 8.80. The van der Waals surface area contributed by atoms with Crippen molar-refractivity contribution in [1.82, 2.24) is 15.8 Å². The Morgan fingerprint density at radius 3 is 2.50 bits per heavy atom. The molecule has 2 heterocycles. The summed E-state index contributed by atoms with van der Waals surface area (Å²) < 4.78 is 34.3. The minimum atomic E-state index is -3.22. The summed E-state index contributed by atoms with van der Waals surface area (Å²) in [5.41, 5.74) is 0.901. The molecular formula is C16H29IN4O4S. The molecule has 0 unspecified atom stereocenters. The van der Waals surface area contributed by atoms with Crippen molar-refractivity contribution < 1.29 is 17.7 Å². The van der Waals surface area contributed by atoms with Crippen LogP contribution < -0.4 is 10.6 Å². The molecule has 2 N–H and O–H groups in total. The van der Waals surface area contributed by atoms with Gasteiger partial charge in [0.05, 0.1) is 17.0 Å². The van der Waals surface area contributed by atoms with Gasteiger partial charge in [-0.15, -0.1) is 24.0 Å². The van der Waals surface area contributed by atoms with Crippen LogP contribution >= 0.6 is 24.0 Å². The predicted molar refractivity (Wildman–Crippen MR) is 112 cm³/mol. The van der Waals surface area contributed by atoms with Crippen LogP contribution in [0.4, 0.5) is 0 Å². The van der Waals surface area contributed by atoms with E-state index in [4.69, 9.17) is 9.26 Å². The highest BCUT2D eigenvalue weighted by molar-refractivity contribution is 14.0. The number of aliphatic imine (C=N–C) groups is 1. The third-order valence-electron chi connectivity index (χ3n) is 4.59. The molecule has 1 fully saturated rings. The van der Waals surface area contributed by atoms with E-state index < -0.39 is 14.6 Å². The summed E-state index contributed by atoms with van der Waals surface area (Å²) in [7, 11) is -1.57. The molecule has 0 saturated carbocycles. The lowest BCUT2D eigenvalue weighted by atomic mass is 9.99. The number of nitrogens with zero attached hydrogens (tertiary/aromatic N) is 2. The number of rotatable bonds is 6. The van der Waals surface area contributed by atoms with Gasteiger partial charge in [-0.3, -0.25) is 4.99 Å². The molecule has 1 aromatic rings. The lowest BCUT2D eigenvalue weighted by Crippen LogP contribution is -2.53. The van der Waals surface area contributed by atoms with Crippen LogP contribution in [0.5, 0.6) is 0 Å². The normalized spacial score (nSPS) is 17.7. The zero-order chi connectivity index (χ0) is 18.5. The van der Waals surface area contributed by atoms with Gasteiger partial charge in [0.25, 0.3) is 0 Å². The Labute approximate surface area is 172 Å². The molecule has 0 spiro atoms. The lowest BCUT2D eigenvalue weighted by molar-refractivity contribution is 0.0756. The highest BCUT2D eigenvalue weighted by atomic mass is 127. The standard InChI is InChI=1S/C16H28N4O4S.HI/c1-12(2)14-9-13(24-20-14)10-18-15(17-3)19-11-16(25(4,21)22)5-7-23-8-6-16;/h9,12H,5-8,10-11H2,1-4H3,(H2,17,18,19);1H. The van der Waals surface area contributed by atoms with Crippen molar-refractivity contribution in [2.45, 2.75) is 43.9 Å². The fourth-order valence-electron chi connectivity index (χ4n) is 2.74. The molecule has 1 aromatic heterocycles. The Hall–Kier alpha value is -0.880. The van der Waals surface area contributed by atoms with Gasteiger partial charge in [0.2, 0.25) is 0 Å². The van der Waals surface area contributed by atoms with Gasteiger partial charge in [-0.25, -0.2) is 8.42 Å². The van der Waals surface area contributed by atoms with Crippen LogP contribution in [0.25, 0.3) is 0 Å². The van der Waals surface area contributed by atoms with Crippen molar-refractivity contribution in [3.05, 3.63) is 17.5 Å². The highest BCUT2D eigenvalue weighted by Gasteiger charge is 2.42. The van der Waals surface area contributed by atoms with Gasteiger partial charge in [-0.1, -0.05) is 19.0 Å². The third-order valence-corrected chi connectivity index (χ3v) is 6.72. The van der Waals surface area contributed by atoms with Crippen molar-refractivity contribution in [2.24, 2.45) is 4.99 Å². The largest absolute Gasteiger partial charge is 0.381 e. The zero-order valence-corrected chi connectivity index (χ0v) is 18.9. The van der Waals surface area contributed by atoms with E-state index in [-0.39, 0.29) is 24.0 Å². The first kappa shape index (κ1) is 23.2. The van der Waals surface area contributed by atoms with E-state index in [1.807, 2.05) is 19.9 Å². The van der Waals surface area contributed by atoms with Crippen LogP contribution in [0, 0.1) is 0 Å². The molecule has 1 saturated heterocycles. The summed E-state index contributed by atoms with van der Waals surface area (Å²) in [6, 6.07) is 1.90. The second kappa shape index (κ2) is 9.88. The van der Waals surface area contributed by atoms with Gasteiger partial charge < -0.3 is 19.9 Å². The summed E-state index contributed by atoms with van der Waals surface area (Å²) in [6.45, 7) is 5.73. The van der Waals surface area contributed by atoms with Gasteiger partial charge in [0.1, 0.15) is 0 Å². The molecule has 1 aliphatic rings. The second-order valence-electron chi connectivity index (χ2n) is 6.72. The molecule has 1 aliphatic heterocycles. The fraction of sp³-hybridized carbons (Fsp3) is 0.750. The molecule has 0 radical (unpaired) electrons. The molecule has 0 atom stereocenters. The number of guanidine groups is 1. The molecule has 26 heavy (non-hydrogen) atoms. The average molecular weight is 500 g/mol. The number of hydrogen-bond donors (Lipinski definition) is 2. The third kappa shape index (κ3) is 5.81. The number of nitrogens with one attached hydrogen (secondary N) is 2. The van der Waals surface area contributed by atoms with Crippen molar-refractivity contribution in [3.8, 4) is 0 Å². The summed E-state index contributed by atoms with van der Waals surface area (Å²) in [6.07, 6.45) is 2.25. The first-order valence-electron chi connectivity index (χ1n) is 8.45. The molecule has 10 heteroatoms. The maximum absolute atomic E-state index is 12.3. The number of aromatic nitrogens is 1. The van der Waals surface area contributed by atoms with E-state index in [9.17, 15) is 8.42 Å². The average Bonchev–Trinajstić information content (AvgIpc) is 3.04. The van der Waals surface area contributed by atoms with Gasteiger partial charge in [0, 0.05) is 39.1 Å². The van der Waals surface area contributed by atoms with E-state index in [1.165, 1.54) is 6.26 Å². The molecule has 0 aromatic carbocycles. The highest BCUT2D eigenvalue weighted by Crippen LogP contribution is 2.28. The molecule has 0 amide bonds. The topological polar surface area (TPSA) is 106 Å². The monoisotopic (exact) mass is 500 g/mol. The van der Waals surface area contributed by atoms with E-state index in [2.05, 4.69) is 20.8 Å². The quantitative estimate of drug-likeness (QED) is 0.348. The van der Waals surface area contributed by atoms with E-state index in [1.54, 1.807) is 7.05 Å². The van der Waals surface area contributed by atoms with Gasteiger partial charge in [0.15, 0.2) is 21.6 Å². The number of hydrogen-bond acceptors (Lipinski definition) is 6. The van der Waals surface area contributed by atoms with Crippen LogP contribution in [0.1, 0.15) is 44.1 Å². The fourth-order valence-corrected chi connectivity index (χ4v) is 3.99. The Morgan fingerprint density at radius 1 is 1.35 bits per heavy atom. The molecule has 0 aliphatic carbocycles. The van der Waals surface area contributed by atoms with Crippen molar-refractivity contribution in [3.63, 3.8) is 0 Å². The van der Waals surface area contributed by atoms with Crippen molar-refractivity contribution in [1.29, 1.82) is 0 Å². The smallest absolute Gasteiger partial charge is 0.191 e. The molecule has 150 valence electrons. The first-order valence-corrected chi connectivity index (χ1v) is 10.3. The maximum Gasteiger partial charge on any atom is 0.191 e. The van der Waals surface area contributed by atoms with Crippen LogP contribution in [0.3, 0.4) is 0 Å². The maximum atomic E-state index is 12.3. The van der Waals surface area contributed by atoms with Crippen LogP contribution in [-0.2, 0) is 21.1 Å². The van der Waals surface area contributed by atoms with Gasteiger partial charge >= 0.3 is 0 Å². The molecule has 2 rings (SSSR count). The van der Waals surface area contributed by atoms with E-state index in [0.717, 1.165) is 5.69 Å². The lowest BCUT2D eigenvalue weighted by Gasteiger charge is -2.35. The van der Waals surface area contributed by atoms with E-state index >= 15 is 0 Å². The SMILES string of the molecule is CN=C(NCc1cc(C(C)C)no1)NCC1(S(C)(=O)=O)CCOCC1.I. The Bertz CT molecular complexity index is 697. The summed E-state index contributed by atoms with van der Waals surface area (Å²) in [4.78, 5) is 4.15. The summed E-state index contributed by atoms with van der Waals surface area (Å²) >= 11 is 0. The predicted octanol–water partition coefficient (Wildman–Crippen LogP) is 1.67. The number of sulfone groups is 1. The Morgan fingerprint density at radius 2 is 2.00 bits per heavy atom. The summed E-state index contributed by atoms with van der Waals surface area (Å²) in [5.74, 6) is 1.53. The molecule has 8 nitrogen and oxygen atoms in total. The molecular weight excluding hydrogens is 471 g/mol. The molecule has 0 bridgehead atoms. The zero-order valence-electron chi connectivity index (χ0n) is 15.7. The van der Waals surface area contributed by atoms with Gasteiger partial charge in [-0.2, -0.15) is 0 Å². The van der Waals surface area contributed by atoms with Crippen LogP contribution in [0.15, 0.2) is 15.6 Å². The first-order chi connectivity index (χ1) is 11.8. The van der Waals surface area contributed by atoms with E-state index in [0.29, 0.717) is 56.8 Å².